The summed E-state index contributed by atoms with van der Waals surface area (Å²) in [5.41, 5.74) is 1.19. The molecule has 3 aromatic rings. The van der Waals surface area contributed by atoms with Gasteiger partial charge in [0.25, 0.3) is 11.5 Å². The topological polar surface area (TPSA) is 123 Å². The number of hydrogen-bond donors (Lipinski definition) is 3. The van der Waals surface area contributed by atoms with Gasteiger partial charge in [-0.05, 0) is 49.6 Å². The van der Waals surface area contributed by atoms with Crippen LogP contribution in [0.15, 0.2) is 35.1 Å². The first-order valence-corrected chi connectivity index (χ1v) is 13.6. The molecule has 43 heavy (non-hydrogen) atoms. The first kappa shape index (κ1) is 32.1. The first-order valence-electron chi connectivity index (χ1n) is 13.2. The maximum absolute atomic E-state index is 15.2. The predicted molar refractivity (Wildman–Crippen MR) is 150 cm³/mol. The summed E-state index contributed by atoms with van der Waals surface area (Å²) in [6.45, 7) is 4.78. The molecule has 1 saturated heterocycles. The number of hydrogen-bond acceptors (Lipinski definition) is 6. The van der Waals surface area contributed by atoms with Crippen molar-refractivity contribution in [1.29, 1.82) is 0 Å². The number of morpholine rings is 1. The van der Waals surface area contributed by atoms with Gasteiger partial charge in [-0.1, -0.05) is 29.8 Å². The number of halogens is 5. The van der Waals surface area contributed by atoms with Gasteiger partial charge in [0.15, 0.2) is 0 Å². The van der Waals surface area contributed by atoms with Crippen LogP contribution in [-0.2, 0) is 23.0 Å². The number of carboxylic acid groups (broad SMARTS) is 1. The van der Waals surface area contributed by atoms with E-state index in [0.29, 0.717) is 22.5 Å². The zero-order valence-electron chi connectivity index (χ0n) is 23.6. The fourth-order valence-corrected chi connectivity index (χ4v) is 5.26. The molecular formula is C29H29ClF4N4O5. The predicted octanol–water partition coefficient (Wildman–Crippen LogP) is 4.18. The van der Waals surface area contributed by atoms with Gasteiger partial charge in [0.1, 0.15) is 29.7 Å². The molecule has 2 aromatic carbocycles. The lowest BCUT2D eigenvalue weighted by atomic mass is 9.95. The van der Waals surface area contributed by atoms with E-state index in [1.165, 1.54) is 35.8 Å². The van der Waals surface area contributed by atoms with E-state index < -0.39 is 47.6 Å². The van der Waals surface area contributed by atoms with Crippen LogP contribution in [0.4, 0.5) is 17.6 Å². The molecule has 0 radical (unpaired) electrons. The van der Waals surface area contributed by atoms with Gasteiger partial charge in [0.05, 0.1) is 22.9 Å². The largest absolute Gasteiger partial charge is 0.480 e. The monoisotopic (exact) mass is 624 g/mol. The highest BCUT2D eigenvalue weighted by Crippen LogP contribution is 2.35. The number of amides is 1. The molecule has 1 aliphatic rings. The third-order valence-corrected chi connectivity index (χ3v) is 7.74. The lowest BCUT2D eigenvalue weighted by molar-refractivity contribution is -0.197. The fraction of sp³-hybridized carbons (Fsp3) is 0.379. The number of benzene rings is 2. The van der Waals surface area contributed by atoms with E-state index in [0.717, 1.165) is 6.07 Å². The van der Waals surface area contributed by atoms with E-state index >= 15 is 4.39 Å². The second-order valence-electron chi connectivity index (χ2n) is 10.3. The smallest absolute Gasteiger partial charge is 0.406 e. The normalized spacial score (nSPS) is 17.9. The Hall–Kier alpha value is -3.81. The van der Waals surface area contributed by atoms with E-state index in [4.69, 9.17) is 16.3 Å². The molecule has 0 saturated carbocycles. The Morgan fingerprint density at radius 3 is 2.53 bits per heavy atom. The Morgan fingerprint density at radius 1 is 1.23 bits per heavy atom. The highest BCUT2D eigenvalue weighted by Gasteiger charge is 2.47. The van der Waals surface area contributed by atoms with Crippen molar-refractivity contribution in [2.45, 2.75) is 51.6 Å². The number of aryl methyl sites for hydroxylation is 2. The number of carbonyl (C=O) groups excluding carboxylic acids is 1. The zero-order chi connectivity index (χ0) is 31.8. The molecule has 0 aliphatic carbocycles. The Balaban J connectivity index is 1.56. The lowest BCUT2D eigenvalue weighted by Gasteiger charge is -2.34. The molecule has 3 atom stereocenters. The molecule has 1 fully saturated rings. The number of carbonyl (C=O) groups is 2. The van der Waals surface area contributed by atoms with Crippen LogP contribution in [0.3, 0.4) is 0 Å². The van der Waals surface area contributed by atoms with Gasteiger partial charge in [-0.3, -0.25) is 9.59 Å². The van der Waals surface area contributed by atoms with Crippen molar-refractivity contribution in [3.63, 3.8) is 0 Å². The van der Waals surface area contributed by atoms with Gasteiger partial charge in [-0.2, -0.15) is 13.2 Å². The summed E-state index contributed by atoms with van der Waals surface area (Å²) < 4.78 is 62.4. The van der Waals surface area contributed by atoms with E-state index in [1.54, 1.807) is 20.9 Å². The SMILES string of the molecule is Cc1cc(C2OCCNC2C(F)(F)F)cc(F)c1C(=O)NC(Cc1ccc(-c2nc(C)c(C)n(C)c2=O)c(Cl)c1)C(=O)O. The summed E-state index contributed by atoms with van der Waals surface area (Å²) in [5.74, 6) is -3.60. The average Bonchev–Trinajstić information content (AvgIpc) is 2.93. The highest BCUT2D eigenvalue weighted by atomic mass is 35.5. The average molecular weight is 625 g/mol. The van der Waals surface area contributed by atoms with E-state index in [-0.39, 0.29) is 47.0 Å². The minimum atomic E-state index is -4.66. The minimum Gasteiger partial charge on any atom is -0.480 e. The number of aromatic nitrogens is 2. The third-order valence-electron chi connectivity index (χ3n) is 7.43. The van der Waals surface area contributed by atoms with E-state index in [1.807, 2.05) is 0 Å². The van der Waals surface area contributed by atoms with Crippen molar-refractivity contribution in [2.75, 3.05) is 13.2 Å². The summed E-state index contributed by atoms with van der Waals surface area (Å²) in [4.78, 5) is 42.2. The molecule has 0 bridgehead atoms. The van der Waals surface area contributed by atoms with Crippen molar-refractivity contribution in [2.24, 2.45) is 7.05 Å². The van der Waals surface area contributed by atoms with Crippen LogP contribution in [0.25, 0.3) is 11.3 Å². The van der Waals surface area contributed by atoms with E-state index in [2.05, 4.69) is 15.6 Å². The molecule has 3 N–H and O–H groups in total. The maximum Gasteiger partial charge on any atom is 0.406 e. The number of alkyl halides is 3. The molecule has 230 valence electrons. The summed E-state index contributed by atoms with van der Waals surface area (Å²) in [5, 5.41) is 14.5. The highest BCUT2D eigenvalue weighted by molar-refractivity contribution is 6.33. The van der Waals surface area contributed by atoms with Gasteiger partial charge in [0.2, 0.25) is 0 Å². The van der Waals surface area contributed by atoms with Gasteiger partial charge in [0, 0.05) is 31.3 Å². The van der Waals surface area contributed by atoms with Crippen molar-refractivity contribution >= 4 is 23.5 Å². The van der Waals surface area contributed by atoms with Crippen LogP contribution in [0.2, 0.25) is 5.02 Å². The Kier molecular flexibility index (Phi) is 9.28. The molecular weight excluding hydrogens is 596 g/mol. The summed E-state index contributed by atoms with van der Waals surface area (Å²) >= 11 is 6.45. The van der Waals surface area contributed by atoms with Gasteiger partial charge >= 0.3 is 12.1 Å². The second kappa shape index (κ2) is 12.4. The fourth-order valence-electron chi connectivity index (χ4n) is 4.97. The van der Waals surface area contributed by atoms with Gasteiger partial charge in [-0.15, -0.1) is 0 Å². The van der Waals surface area contributed by atoms with Gasteiger partial charge < -0.3 is 25.0 Å². The number of ether oxygens (including phenoxy) is 1. The van der Waals surface area contributed by atoms with Crippen LogP contribution in [0, 0.1) is 26.6 Å². The first-order chi connectivity index (χ1) is 20.1. The number of aliphatic carboxylic acids is 1. The van der Waals surface area contributed by atoms with Crippen LogP contribution in [0.1, 0.15) is 44.5 Å². The third kappa shape index (κ3) is 6.73. The van der Waals surface area contributed by atoms with Crippen LogP contribution in [-0.4, -0.2) is 57.9 Å². The van der Waals surface area contributed by atoms with Crippen molar-refractivity contribution in [3.8, 4) is 11.3 Å². The summed E-state index contributed by atoms with van der Waals surface area (Å²) in [7, 11) is 1.61. The molecule has 1 amide bonds. The molecule has 3 unspecified atom stereocenters. The molecule has 1 aliphatic heterocycles. The molecule has 2 heterocycles. The van der Waals surface area contributed by atoms with E-state index in [9.17, 15) is 32.7 Å². The maximum atomic E-state index is 15.2. The molecule has 1 aromatic heterocycles. The lowest BCUT2D eigenvalue weighted by Crippen LogP contribution is -2.52. The number of rotatable bonds is 7. The second-order valence-corrected chi connectivity index (χ2v) is 10.7. The summed E-state index contributed by atoms with van der Waals surface area (Å²) in [6.07, 6.45) is -6.43. The minimum absolute atomic E-state index is 0.00149. The number of nitrogens with one attached hydrogen (secondary N) is 2. The number of nitrogens with zero attached hydrogens (tertiary/aromatic N) is 2. The molecule has 4 rings (SSSR count). The van der Waals surface area contributed by atoms with Crippen molar-refractivity contribution in [3.05, 3.63) is 85.2 Å². The summed E-state index contributed by atoms with van der Waals surface area (Å²) in [6, 6.07) is 2.94. The Morgan fingerprint density at radius 2 is 1.93 bits per heavy atom. The van der Waals surface area contributed by atoms with Crippen molar-refractivity contribution in [1.82, 2.24) is 20.2 Å². The Labute approximate surface area is 248 Å². The molecule has 14 heteroatoms. The quantitative estimate of drug-likeness (QED) is 0.337. The number of carboxylic acids is 1. The molecule has 9 nitrogen and oxygen atoms in total. The van der Waals surface area contributed by atoms with Crippen molar-refractivity contribution < 1.29 is 37.0 Å². The zero-order valence-corrected chi connectivity index (χ0v) is 24.4. The molecule has 0 spiro atoms. The van der Waals surface area contributed by atoms with Crippen LogP contribution >= 0.6 is 11.6 Å². The van der Waals surface area contributed by atoms with Crippen LogP contribution in [0.5, 0.6) is 0 Å². The van der Waals surface area contributed by atoms with Crippen LogP contribution < -0.4 is 16.2 Å². The standard InChI is InChI=1S/C29H29ClF4N4O5/c1-13-9-17(24-25(29(32,33)34)35-7-8-43-24)12-20(31)22(13)26(39)37-21(28(41)42)11-16-5-6-18(19(30)10-16)23-27(40)38(4)15(3)14(2)36-23/h5-6,9-10,12,21,24-25,35H,7-8,11H2,1-4H3,(H,37,39)(H,41,42). The Bertz CT molecular complexity index is 1620. The van der Waals surface area contributed by atoms with Gasteiger partial charge in [-0.25, -0.2) is 14.2 Å².